The molecule has 1 aromatic carbocycles. The van der Waals surface area contributed by atoms with Gasteiger partial charge >= 0.3 is 0 Å². The summed E-state index contributed by atoms with van der Waals surface area (Å²) in [6, 6.07) is 5.44. The second kappa shape index (κ2) is 4.88. The Bertz CT molecular complexity index is 388. The zero-order chi connectivity index (χ0) is 12.3. The van der Waals surface area contributed by atoms with Gasteiger partial charge in [0, 0.05) is 14.1 Å². The Hall–Kier alpha value is -1.71. The van der Waals surface area contributed by atoms with E-state index in [1.807, 2.05) is 32.0 Å². The third-order valence-electron chi connectivity index (χ3n) is 2.39. The van der Waals surface area contributed by atoms with Gasteiger partial charge in [0.05, 0.1) is 11.4 Å². The molecule has 3 N–H and O–H groups in total. The minimum atomic E-state index is -0.279. The molecular formula is C12H19N3O. The maximum Gasteiger partial charge on any atom is 0.244 e. The van der Waals surface area contributed by atoms with E-state index in [-0.39, 0.29) is 11.9 Å². The first kappa shape index (κ1) is 12.4. The van der Waals surface area contributed by atoms with E-state index in [0.717, 1.165) is 11.3 Å². The number of benzene rings is 1. The Balaban J connectivity index is 2.80. The van der Waals surface area contributed by atoms with Crippen LogP contribution in [-0.4, -0.2) is 30.9 Å². The monoisotopic (exact) mass is 221 g/mol. The van der Waals surface area contributed by atoms with Crippen molar-refractivity contribution >= 4 is 17.3 Å². The highest BCUT2D eigenvalue weighted by atomic mass is 16.2. The Labute approximate surface area is 96.4 Å². The van der Waals surface area contributed by atoms with Crippen LogP contribution in [0.2, 0.25) is 0 Å². The van der Waals surface area contributed by atoms with Gasteiger partial charge in [-0.05, 0) is 31.5 Å². The summed E-state index contributed by atoms with van der Waals surface area (Å²) in [7, 11) is 3.47. The number of nitrogens with two attached hydrogens (primary N) is 1. The van der Waals surface area contributed by atoms with Crippen molar-refractivity contribution in [1.29, 1.82) is 0 Å². The van der Waals surface area contributed by atoms with Crippen molar-refractivity contribution in [3.63, 3.8) is 0 Å². The smallest absolute Gasteiger partial charge is 0.244 e. The number of nitrogen functional groups attached to an aromatic ring is 1. The molecule has 16 heavy (non-hydrogen) atoms. The summed E-state index contributed by atoms with van der Waals surface area (Å²) in [5, 5.41) is 3.12. The number of carbonyl (C=O) groups excluding carboxylic acids is 1. The van der Waals surface area contributed by atoms with E-state index in [1.54, 1.807) is 19.0 Å². The average molecular weight is 221 g/mol. The highest BCUT2D eigenvalue weighted by Crippen LogP contribution is 2.20. The van der Waals surface area contributed by atoms with Crippen LogP contribution in [0.3, 0.4) is 0 Å². The van der Waals surface area contributed by atoms with Gasteiger partial charge in [-0.25, -0.2) is 0 Å². The van der Waals surface area contributed by atoms with E-state index in [4.69, 9.17) is 5.73 Å². The van der Waals surface area contributed by atoms with Crippen LogP contribution in [-0.2, 0) is 4.79 Å². The molecular weight excluding hydrogens is 202 g/mol. The van der Waals surface area contributed by atoms with E-state index in [1.165, 1.54) is 0 Å². The molecule has 1 rings (SSSR count). The average Bonchev–Trinajstić information content (AvgIpc) is 2.22. The predicted octanol–water partition coefficient (Wildman–Crippen LogP) is 1.47. The quantitative estimate of drug-likeness (QED) is 0.760. The third kappa shape index (κ3) is 2.89. The maximum absolute atomic E-state index is 11.7. The molecule has 0 spiro atoms. The summed E-state index contributed by atoms with van der Waals surface area (Å²) >= 11 is 0. The molecule has 1 atom stereocenters. The molecule has 0 bridgehead atoms. The molecule has 1 unspecified atom stereocenters. The lowest BCUT2D eigenvalue weighted by Crippen LogP contribution is -2.36. The van der Waals surface area contributed by atoms with Crippen LogP contribution in [0.1, 0.15) is 12.5 Å². The first-order valence-electron chi connectivity index (χ1n) is 5.25. The van der Waals surface area contributed by atoms with E-state index in [2.05, 4.69) is 5.32 Å². The lowest BCUT2D eigenvalue weighted by molar-refractivity contribution is -0.129. The number of nitrogens with one attached hydrogen (secondary N) is 1. The molecule has 0 fully saturated rings. The van der Waals surface area contributed by atoms with Crippen LogP contribution in [0.15, 0.2) is 18.2 Å². The van der Waals surface area contributed by atoms with Gasteiger partial charge in [-0.3, -0.25) is 4.79 Å². The first-order valence-corrected chi connectivity index (χ1v) is 5.25. The minimum Gasteiger partial charge on any atom is -0.397 e. The molecule has 0 aliphatic carbocycles. The number of rotatable bonds is 3. The van der Waals surface area contributed by atoms with Crippen molar-refractivity contribution < 1.29 is 4.79 Å². The summed E-state index contributed by atoms with van der Waals surface area (Å²) in [5.41, 5.74) is 8.40. The summed E-state index contributed by atoms with van der Waals surface area (Å²) in [5.74, 6) is 0.0286. The number of nitrogens with zero attached hydrogens (tertiary/aromatic N) is 1. The molecule has 0 aliphatic rings. The molecule has 0 radical (unpaired) electrons. The fourth-order valence-electron chi connectivity index (χ4n) is 1.48. The van der Waals surface area contributed by atoms with Crippen molar-refractivity contribution in [1.82, 2.24) is 4.90 Å². The van der Waals surface area contributed by atoms with Crippen molar-refractivity contribution in [2.75, 3.05) is 25.1 Å². The number of carbonyl (C=O) groups is 1. The fourth-order valence-corrected chi connectivity index (χ4v) is 1.48. The molecule has 0 heterocycles. The van der Waals surface area contributed by atoms with E-state index >= 15 is 0 Å². The van der Waals surface area contributed by atoms with Gasteiger partial charge in [0.15, 0.2) is 0 Å². The molecule has 4 nitrogen and oxygen atoms in total. The summed E-state index contributed by atoms with van der Waals surface area (Å²) < 4.78 is 0. The number of aryl methyl sites for hydroxylation is 1. The Morgan fingerprint density at radius 1 is 1.44 bits per heavy atom. The van der Waals surface area contributed by atoms with E-state index < -0.39 is 0 Å². The van der Waals surface area contributed by atoms with Crippen LogP contribution in [0.4, 0.5) is 11.4 Å². The molecule has 1 aromatic rings. The topological polar surface area (TPSA) is 58.4 Å². The summed E-state index contributed by atoms with van der Waals surface area (Å²) in [6.07, 6.45) is 0. The largest absolute Gasteiger partial charge is 0.397 e. The lowest BCUT2D eigenvalue weighted by atomic mass is 10.1. The molecule has 0 saturated carbocycles. The fraction of sp³-hybridized carbons (Fsp3) is 0.417. The van der Waals surface area contributed by atoms with Gasteiger partial charge in [-0.1, -0.05) is 6.07 Å². The zero-order valence-electron chi connectivity index (χ0n) is 10.2. The van der Waals surface area contributed by atoms with Gasteiger partial charge in [-0.2, -0.15) is 0 Å². The van der Waals surface area contributed by atoms with E-state index in [9.17, 15) is 4.79 Å². The number of hydrogen-bond acceptors (Lipinski definition) is 3. The summed E-state index contributed by atoms with van der Waals surface area (Å²) in [6.45, 7) is 3.81. The minimum absolute atomic E-state index is 0.0286. The molecule has 1 amide bonds. The van der Waals surface area contributed by atoms with Gasteiger partial charge in [0.2, 0.25) is 5.91 Å². The highest BCUT2D eigenvalue weighted by molar-refractivity contribution is 5.85. The van der Waals surface area contributed by atoms with Crippen LogP contribution in [0.25, 0.3) is 0 Å². The SMILES string of the molecule is Cc1ccc(N)c(NC(C)C(=O)N(C)C)c1. The molecule has 88 valence electrons. The molecule has 0 aliphatic heterocycles. The third-order valence-corrected chi connectivity index (χ3v) is 2.39. The Morgan fingerprint density at radius 2 is 2.06 bits per heavy atom. The van der Waals surface area contributed by atoms with Crippen LogP contribution < -0.4 is 11.1 Å². The number of amides is 1. The Morgan fingerprint density at radius 3 is 2.62 bits per heavy atom. The van der Waals surface area contributed by atoms with Crippen LogP contribution in [0.5, 0.6) is 0 Å². The van der Waals surface area contributed by atoms with Gasteiger partial charge in [-0.15, -0.1) is 0 Å². The number of anilines is 2. The van der Waals surface area contributed by atoms with Crippen molar-refractivity contribution in [2.45, 2.75) is 19.9 Å². The van der Waals surface area contributed by atoms with Crippen molar-refractivity contribution in [2.24, 2.45) is 0 Å². The van der Waals surface area contributed by atoms with Gasteiger partial charge in [0.25, 0.3) is 0 Å². The van der Waals surface area contributed by atoms with Crippen LogP contribution >= 0.6 is 0 Å². The standard InChI is InChI=1S/C12H19N3O/c1-8-5-6-10(13)11(7-8)14-9(2)12(16)15(3)4/h5-7,9,14H,13H2,1-4H3. The second-order valence-corrected chi connectivity index (χ2v) is 4.19. The Kier molecular flexibility index (Phi) is 3.77. The predicted molar refractivity (Wildman–Crippen MR) is 67.4 cm³/mol. The lowest BCUT2D eigenvalue weighted by Gasteiger charge is -2.20. The van der Waals surface area contributed by atoms with Gasteiger partial charge in [0.1, 0.15) is 6.04 Å². The summed E-state index contributed by atoms with van der Waals surface area (Å²) in [4.78, 5) is 13.2. The first-order chi connectivity index (χ1) is 7.41. The number of hydrogen-bond donors (Lipinski definition) is 2. The molecule has 0 aromatic heterocycles. The van der Waals surface area contributed by atoms with Gasteiger partial charge < -0.3 is 16.0 Å². The zero-order valence-corrected chi connectivity index (χ0v) is 10.2. The normalized spacial score (nSPS) is 12.0. The van der Waals surface area contributed by atoms with E-state index in [0.29, 0.717) is 5.69 Å². The molecule has 0 saturated heterocycles. The maximum atomic E-state index is 11.7. The van der Waals surface area contributed by atoms with Crippen LogP contribution in [0, 0.1) is 6.92 Å². The van der Waals surface area contributed by atoms with Crippen molar-refractivity contribution in [3.05, 3.63) is 23.8 Å². The van der Waals surface area contributed by atoms with Crippen molar-refractivity contribution in [3.8, 4) is 0 Å². The molecule has 4 heteroatoms. The second-order valence-electron chi connectivity index (χ2n) is 4.19. The highest BCUT2D eigenvalue weighted by Gasteiger charge is 2.15. The number of likely N-dealkylation sites (N-methyl/N-ethyl adjacent to an activating group) is 1.